The van der Waals surface area contributed by atoms with Crippen molar-refractivity contribution in [3.05, 3.63) is 0 Å². The summed E-state index contributed by atoms with van der Waals surface area (Å²) < 4.78 is 10.1. The Hall–Kier alpha value is -2.16. The first-order valence-corrected chi connectivity index (χ1v) is 6.22. The maximum Gasteiger partial charge on any atom is 0.324 e. The number of methoxy groups -OCH3 is 2. The molecule has 2 rings (SSSR count). The van der Waals surface area contributed by atoms with Crippen molar-refractivity contribution in [2.45, 2.75) is 6.04 Å². The summed E-state index contributed by atoms with van der Waals surface area (Å²) in [6.45, 7) is 1.87. The molecule has 1 aromatic rings. The zero-order valence-electron chi connectivity index (χ0n) is 11.7. The molecule has 1 atom stereocenters. The number of ether oxygens (including phenoxy) is 2. The fourth-order valence-electron chi connectivity index (χ4n) is 1.98. The third-order valence-corrected chi connectivity index (χ3v) is 3.00. The van der Waals surface area contributed by atoms with Gasteiger partial charge in [0, 0.05) is 26.7 Å². The van der Waals surface area contributed by atoms with E-state index in [2.05, 4.69) is 25.6 Å². The Labute approximate surface area is 116 Å². The maximum atomic E-state index is 11.9. The molecule has 9 heteroatoms. The smallest absolute Gasteiger partial charge is 0.324 e. The number of aromatic nitrogens is 3. The molecule has 0 aliphatic carbocycles. The molecule has 1 aliphatic rings. The van der Waals surface area contributed by atoms with E-state index in [1.165, 1.54) is 14.2 Å². The first kappa shape index (κ1) is 14.3. The number of carbonyl (C=O) groups excluding carboxylic acids is 1. The number of anilines is 1. The van der Waals surface area contributed by atoms with Gasteiger partial charge >= 0.3 is 12.0 Å². The van der Waals surface area contributed by atoms with Gasteiger partial charge in [0.05, 0.1) is 14.2 Å². The van der Waals surface area contributed by atoms with Crippen molar-refractivity contribution >= 4 is 11.9 Å². The molecule has 9 nitrogen and oxygen atoms in total. The number of rotatable bonds is 4. The van der Waals surface area contributed by atoms with E-state index in [4.69, 9.17) is 9.47 Å². The number of likely N-dealkylation sites (N-methyl/N-ethyl adjacent to an activating group) is 1. The molecule has 110 valence electrons. The summed E-state index contributed by atoms with van der Waals surface area (Å²) in [5.74, 6) is 0.263. The number of nitrogens with zero attached hydrogens (tertiary/aromatic N) is 4. The Morgan fingerprint density at radius 2 is 1.95 bits per heavy atom. The molecule has 2 heterocycles. The largest absolute Gasteiger partial charge is 0.467 e. The van der Waals surface area contributed by atoms with Crippen molar-refractivity contribution in [1.82, 2.24) is 25.6 Å². The molecule has 2 N–H and O–H groups in total. The van der Waals surface area contributed by atoms with Crippen LogP contribution in [0.1, 0.15) is 0 Å². The summed E-state index contributed by atoms with van der Waals surface area (Å²) in [5.41, 5.74) is 0. The van der Waals surface area contributed by atoms with Crippen molar-refractivity contribution in [3.8, 4) is 12.0 Å². The van der Waals surface area contributed by atoms with E-state index in [0.29, 0.717) is 19.0 Å². The van der Waals surface area contributed by atoms with Crippen molar-refractivity contribution in [2.24, 2.45) is 0 Å². The lowest BCUT2D eigenvalue weighted by atomic mass is 10.2. The number of hydrogen-bond acceptors (Lipinski definition) is 8. The standard InChI is InChI=1S/C11H18N6O3/c1-12-8(18)7-6-13-4-5-17(7)9-14-10(19-2)16-11(15-9)20-3/h7,13H,4-6H2,1-3H3,(H,12,18). The van der Waals surface area contributed by atoms with Crippen LogP contribution < -0.4 is 25.0 Å². The van der Waals surface area contributed by atoms with Crippen molar-refractivity contribution in [2.75, 3.05) is 45.8 Å². The summed E-state index contributed by atoms with van der Waals surface area (Å²) in [6, 6.07) is -0.0763. The molecule has 0 spiro atoms. The highest BCUT2D eigenvalue weighted by molar-refractivity contribution is 5.85. The second kappa shape index (κ2) is 6.33. The van der Waals surface area contributed by atoms with E-state index >= 15 is 0 Å². The number of amides is 1. The minimum absolute atomic E-state index is 0.101. The van der Waals surface area contributed by atoms with Crippen LogP contribution in [-0.2, 0) is 4.79 Å². The normalized spacial score (nSPS) is 18.6. The molecule has 1 aromatic heterocycles. The van der Waals surface area contributed by atoms with Crippen molar-refractivity contribution in [3.63, 3.8) is 0 Å². The predicted octanol–water partition coefficient (Wildman–Crippen LogP) is -1.59. The van der Waals surface area contributed by atoms with E-state index in [-0.39, 0.29) is 24.0 Å². The third-order valence-electron chi connectivity index (χ3n) is 3.00. The second-order valence-corrected chi connectivity index (χ2v) is 4.14. The Morgan fingerprint density at radius 3 is 2.50 bits per heavy atom. The molecule has 0 aromatic carbocycles. The summed E-state index contributed by atoms with van der Waals surface area (Å²) in [5, 5.41) is 5.81. The molecule has 0 radical (unpaired) electrons. The van der Waals surface area contributed by atoms with Gasteiger partial charge in [0.25, 0.3) is 0 Å². The Kier molecular flexibility index (Phi) is 4.51. The van der Waals surface area contributed by atoms with Gasteiger partial charge in [-0.3, -0.25) is 4.79 Å². The Balaban J connectivity index is 2.33. The maximum absolute atomic E-state index is 11.9. The highest BCUT2D eigenvalue weighted by Gasteiger charge is 2.30. The second-order valence-electron chi connectivity index (χ2n) is 4.14. The molecular weight excluding hydrogens is 264 g/mol. The number of nitrogens with one attached hydrogen (secondary N) is 2. The average molecular weight is 282 g/mol. The summed E-state index contributed by atoms with van der Waals surface area (Å²) in [6.07, 6.45) is 0. The number of carbonyl (C=O) groups is 1. The van der Waals surface area contributed by atoms with Crippen LogP contribution in [0.15, 0.2) is 0 Å². The average Bonchev–Trinajstić information content (AvgIpc) is 2.53. The fourth-order valence-corrected chi connectivity index (χ4v) is 1.98. The van der Waals surface area contributed by atoms with Gasteiger partial charge in [-0.05, 0) is 0 Å². The Morgan fingerprint density at radius 1 is 1.30 bits per heavy atom. The molecular formula is C11H18N6O3. The van der Waals surface area contributed by atoms with Crippen LogP contribution in [0, 0.1) is 0 Å². The van der Waals surface area contributed by atoms with Crippen LogP contribution in [0.2, 0.25) is 0 Å². The lowest BCUT2D eigenvalue weighted by Crippen LogP contribution is -2.58. The molecule has 0 bridgehead atoms. The summed E-state index contributed by atoms with van der Waals surface area (Å²) >= 11 is 0. The Bertz CT molecular complexity index is 461. The zero-order valence-corrected chi connectivity index (χ0v) is 11.7. The van der Waals surface area contributed by atoms with Crippen LogP contribution in [0.25, 0.3) is 0 Å². The molecule has 1 aliphatic heterocycles. The van der Waals surface area contributed by atoms with E-state index in [9.17, 15) is 4.79 Å². The van der Waals surface area contributed by atoms with Gasteiger partial charge in [0.2, 0.25) is 11.9 Å². The van der Waals surface area contributed by atoms with Crippen LogP contribution in [-0.4, -0.2) is 67.8 Å². The van der Waals surface area contributed by atoms with E-state index in [1.807, 2.05) is 4.90 Å². The van der Waals surface area contributed by atoms with Crippen molar-refractivity contribution in [1.29, 1.82) is 0 Å². The van der Waals surface area contributed by atoms with Gasteiger partial charge < -0.3 is 25.0 Å². The van der Waals surface area contributed by atoms with Gasteiger partial charge in [0.15, 0.2) is 0 Å². The fraction of sp³-hybridized carbons (Fsp3) is 0.636. The highest BCUT2D eigenvalue weighted by Crippen LogP contribution is 2.19. The first-order chi connectivity index (χ1) is 9.69. The lowest BCUT2D eigenvalue weighted by Gasteiger charge is -2.34. The molecule has 0 saturated carbocycles. The molecule has 1 amide bonds. The summed E-state index contributed by atoms with van der Waals surface area (Å²) in [4.78, 5) is 26.1. The van der Waals surface area contributed by atoms with E-state index < -0.39 is 0 Å². The van der Waals surface area contributed by atoms with Crippen molar-refractivity contribution < 1.29 is 14.3 Å². The summed E-state index contributed by atoms with van der Waals surface area (Å²) in [7, 11) is 4.53. The first-order valence-electron chi connectivity index (χ1n) is 6.22. The van der Waals surface area contributed by atoms with E-state index in [0.717, 1.165) is 6.54 Å². The third kappa shape index (κ3) is 2.87. The minimum Gasteiger partial charge on any atom is -0.467 e. The number of hydrogen-bond donors (Lipinski definition) is 2. The minimum atomic E-state index is -0.384. The van der Waals surface area contributed by atoms with E-state index in [1.54, 1.807) is 7.05 Å². The topological polar surface area (TPSA) is 102 Å². The molecule has 20 heavy (non-hydrogen) atoms. The molecule has 1 fully saturated rings. The van der Waals surface area contributed by atoms with Gasteiger partial charge in [0.1, 0.15) is 6.04 Å². The van der Waals surface area contributed by atoms with Crippen LogP contribution in [0.3, 0.4) is 0 Å². The molecule has 1 unspecified atom stereocenters. The van der Waals surface area contributed by atoms with Crippen LogP contribution in [0.5, 0.6) is 12.0 Å². The monoisotopic (exact) mass is 282 g/mol. The number of piperazine rings is 1. The van der Waals surface area contributed by atoms with Gasteiger partial charge in [-0.1, -0.05) is 0 Å². The van der Waals surface area contributed by atoms with Crippen LogP contribution >= 0.6 is 0 Å². The SMILES string of the molecule is CNC(=O)C1CNCCN1c1nc(OC)nc(OC)n1. The highest BCUT2D eigenvalue weighted by atomic mass is 16.5. The van der Waals surface area contributed by atoms with Gasteiger partial charge in [-0.15, -0.1) is 4.98 Å². The molecule has 1 saturated heterocycles. The predicted molar refractivity (Wildman–Crippen MR) is 71.0 cm³/mol. The van der Waals surface area contributed by atoms with Gasteiger partial charge in [-0.25, -0.2) is 0 Å². The quantitative estimate of drug-likeness (QED) is 0.682. The lowest BCUT2D eigenvalue weighted by molar-refractivity contribution is -0.122. The van der Waals surface area contributed by atoms with Gasteiger partial charge in [-0.2, -0.15) is 9.97 Å². The zero-order chi connectivity index (χ0) is 14.5. The van der Waals surface area contributed by atoms with Crippen LogP contribution in [0.4, 0.5) is 5.95 Å².